The maximum atomic E-state index is 5.74. The van der Waals surface area contributed by atoms with Crippen LogP contribution >= 0.6 is 0 Å². The SMILES string of the molecule is Cc1ccc(C2(CCOCC(C)C)CNC2)cc1. The van der Waals surface area contributed by atoms with Gasteiger partial charge in [0.2, 0.25) is 0 Å². The lowest BCUT2D eigenvalue weighted by Crippen LogP contribution is -2.57. The van der Waals surface area contributed by atoms with Crippen molar-refractivity contribution in [3.05, 3.63) is 35.4 Å². The highest BCUT2D eigenvalue weighted by atomic mass is 16.5. The molecule has 0 aliphatic carbocycles. The fourth-order valence-corrected chi connectivity index (χ4v) is 2.45. The van der Waals surface area contributed by atoms with Gasteiger partial charge >= 0.3 is 0 Å². The molecule has 100 valence electrons. The standard InChI is InChI=1S/C16H25NO/c1-13(2)10-18-9-8-16(11-17-12-16)15-6-4-14(3)5-7-15/h4-7,13,17H,8-12H2,1-3H3. The minimum atomic E-state index is 0.310. The van der Waals surface area contributed by atoms with Crippen molar-refractivity contribution in [2.24, 2.45) is 5.92 Å². The van der Waals surface area contributed by atoms with Gasteiger partial charge in [0, 0.05) is 31.7 Å². The molecule has 1 saturated heterocycles. The Labute approximate surface area is 111 Å². The van der Waals surface area contributed by atoms with Crippen LogP contribution in [0, 0.1) is 12.8 Å². The van der Waals surface area contributed by atoms with Crippen molar-refractivity contribution in [3.63, 3.8) is 0 Å². The third kappa shape index (κ3) is 3.12. The van der Waals surface area contributed by atoms with Gasteiger partial charge in [0.15, 0.2) is 0 Å². The van der Waals surface area contributed by atoms with Gasteiger partial charge in [-0.1, -0.05) is 43.7 Å². The van der Waals surface area contributed by atoms with E-state index in [-0.39, 0.29) is 0 Å². The van der Waals surface area contributed by atoms with Crippen LogP contribution in [0.2, 0.25) is 0 Å². The van der Waals surface area contributed by atoms with Gasteiger partial charge in [0.05, 0.1) is 0 Å². The lowest BCUT2D eigenvalue weighted by atomic mass is 9.73. The minimum Gasteiger partial charge on any atom is -0.381 e. The smallest absolute Gasteiger partial charge is 0.0488 e. The Morgan fingerprint density at radius 2 is 1.89 bits per heavy atom. The molecular weight excluding hydrogens is 222 g/mol. The van der Waals surface area contributed by atoms with Crippen molar-refractivity contribution in [1.29, 1.82) is 0 Å². The Bertz CT molecular complexity index is 365. The maximum Gasteiger partial charge on any atom is 0.0488 e. The number of benzene rings is 1. The Kier molecular flexibility index (Phi) is 4.41. The zero-order valence-electron chi connectivity index (χ0n) is 11.8. The summed E-state index contributed by atoms with van der Waals surface area (Å²) < 4.78 is 5.74. The largest absolute Gasteiger partial charge is 0.381 e. The van der Waals surface area contributed by atoms with Gasteiger partial charge in [-0.25, -0.2) is 0 Å². The molecular formula is C16H25NO. The highest BCUT2D eigenvalue weighted by Gasteiger charge is 2.38. The van der Waals surface area contributed by atoms with E-state index >= 15 is 0 Å². The summed E-state index contributed by atoms with van der Waals surface area (Å²) in [5, 5.41) is 3.41. The first kappa shape index (κ1) is 13.6. The van der Waals surface area contributed by atoms with Crippen LogP contribution in [0.5, 0.6) is 0 Å². The molecule has 0 spiro atoms. The summed E-state index contributed by atoms with van der Waals surface area (Å²) in [6.45, 7) is 10.4. The average Bonchev–Trinajstić information content (AvgIpc) is 2.28. The number of aryl methyl sites for hydroxylation is 1. The predicted octanol–water partition coefficient (Wildman–Crippen LogP) is 2.90. The van der Waals surface area contributed by atoms with Crippen molar-refractivity contribution >= 4 is 0 Å². The van der Waals surface area contributed by atoms with Crippen LogP contribution in [0.1, 0.15) is 31.4 Å². The Morgan fingerprint density at radius 3 is 2.39 bits per heavy atom. The summed E-state index contributed by atoms with van der Waals surface area (Å²) in [5.74, 6) is 0.625. The van der Waals surface area contributed by atoms with Crippen molar-refractivity contribution in [3.8, 4) is 0 Å². The number of hydrogen-bond acceptors (Lipinski definition) is 2. The van der Waals surface area contributed by atoms with Crippen LogP contribution in [-0.2, 0) is 10.2 Å². The van der Waals surface area contributed by atoms with E-state index in [4.69, 9.17) is 4.74 Å². The van der Waals surface area contributed by atoms with Gasteiger partial charge in [-0.2, -0.15) is 0 Å². The van der Waals surface area contributed by atoms with Gasteiger partial charge in [0.1, 0.15) is 0 Å². The lowest BCUT2D eigenvalue weighted by Gasteiger charge is -2.43. The zero-order chi connectivity index (χ0) is 13.0. The molecule has 1 aromatic carbocycles. The van der Waals surface area contributed by atoms with E-state index in [1.54, 1.807) is 0 Å². The van der Waals surface area contributed by atoms with Gasteiger partial charge < -0.3 is 10.1 Å². The summed E-state index contributed by atoms with van der Waals surface area (Å²) in [4.78, 5) is 0. The molecule has 0 radical (unpaired) electrons. The van der Waals surface area contributed by atoms with Crippen molar-refractivity contribution in [2.75, 3.05) is 26.3 Å². The van der Waals surface area contributed by atoms with Crippen LogP contribution < -0.4 is 5.32 Å². The van der Waals surface area contributed by atoms with Crippen LogP contribution in [0.3, 0.4) is 0 Å². The molecule has 0 amide bonds. The molecule has 0 unspecified atom stereocenters. The maximum absolute atomic E-state index is 5.74. The zero-order valence-corrected chi connectivity index (χ0v) is 11.8. The molecule has 0 saturated carbocycles. The Balaban J connectivity index is 1.92. The quantitative estimate of drug-likeness (QED) is 0.780. The highest BCUT2D eigenvalue weighted by Crippen LogP contribution is 2.32. The van der Waals surface area contributed by atoms with Gasteiger partial charge in [0.25, 0.3) is 0 Å². The normalized spacial score (nSPS) is 17.8. The summed E-state index contributed by atoms with van der Waals surface area (Å²) in [5.41, 5.74) is 3.10. The third-order valence-electron chi connectivity index (χ3n) is 3.77. The number of ether oxygens (including phenoxy) is 1. The summed E-state index contributed by atoms with van der Waals surface area (Å²) >= 11 is 0. The molecule has 1 N–H and O–H groups in total. The molecule has 2 nitrogen and oxygen atoms in total. The predicted molar refractivity (Wildman–Crippen MR) is 76.0 cm³/mol. The Morgan fingerprint density at radius 1 is 1.22 bits per heavy atom. The molecule has 2 rings (SSSR count). The van der Waals surface area contributed by atoms with Crippen LogP contribution in [0.25, 0.3) is 0 Å². The molecule has 1 fully saturated rings. The van der Waals surface area contributed by atoms with Gasteiger partial charge in [-0.3, -0.25) is 0 Å². The monoisotopic (exact) mass is 247 g/mol. The first-order valence-electron chi connectivity index (χ1n) is 6.98. The summed E-state index contributed by atoms with van der Waals surface area (Å²) in [6, 6.07) is 8.98. The second kappa shape index (κ2) is 5.85. The van der Waals surface area contributed by atoms with Crippen LogP contribution in [0.15, 0.2) is 24.3 Å². The van der Waals surface area contributed by atoms with E-state index in [1.807, 2.05) is 0 Å². The van der Waals surface area contributed by atoms with E-state index in [1.165, 1.54) is 11.1 Å². The summed E-state index contributed by atoms with van der Waals surface area (Å²) in [6.07, 6.45) is 1.12. The molecule has 0 atom stereocenters. The highest BCUT2D eigenvalue weighted by molar-refractivity contribution is 5.32. The second-order valence-corrected chi connectivity index (χ2v) is 5.97. The molecule has 0 aromatic heterocycles. The summed E-state index contributed by atoms with van der Waals surface area (Å²) in [7, 11) is 0. The van der Waals surface area contributed by atoms with Crippen LogP contribution in [0.4, 0.5) is 0 Å². The first-order valence-corrected chi connectivity index (χ1v) is 6.98. The fourth-order valence-electron chi connectivity index (χ4n) is 2.45. The van der Waals surface area contributed by atoms with Gasteiger partial charge in [-0.15, -0.1) is 0 Å². The molecule has 1 aromatic rings. The molecule has 1 aliphatic heterocycles. The number of hydrogen-bond donors (Lipinski definition) is 1. The van der Waals surface area contributed by atoms with E-state index in [0.29, 0.717) is 11.3 Å². The molecule has 18 heavy (non-hydrogen) atoms. The van der Waals surface area contributed by atoms with E-state index in [2.05, 4.69) is 50.4 Å². The average molecular weight is 247 g/mol. The minimum absolute atomic E-state index is 0.310. The van der Waals surface area contributed by atoms with E-state index in [9.17, 15) is 0 Å². The topological polar surface area (TPSA) is 21.3 Å². The van der Waals surface area contributed by atoms with Crippen LogP contribution in [-0.4, -0.2) is 26.3 Å². The van der Waals surface area contributed by atoms with Crippen molar-refractivity contribution < 1.29 is 4.74 Å². The van der Waals surface area contributed by atoms with E-state index < -0.39 is 0 Å². The molecule has 1 aliphatic rings. The third-order valence-corrected chi connectivity index (χ3v) is 3.77. The van der Waals surface area contributed by atoms with Crippen molar-refractivity contribution in [2.45, 2.75) is 32.6 Å². The number of nitrogens with one attached hydrogen (secondary N) is 1. The Hall–Kier alpha value is -0.860. The number of rotatable bonds is 6. The fraction of sp³-hybridized carbons (Fsp3) is 0.625. The molecule has 0 bridgehead atoms. The lowest BCUT2D eigenvalue weighted by molar-refractivity contribution is 0.0817. The van der Waals surface area contributed by atoms with Crippen molar-refractivity contribution in [1.82, 2.24) is 5.32 Å². The molecule has 2 heteroatoms. The van der Waals surface area contributed by atoms with Gasteiger partial charge in [-0.05, 0) is 24.8 Å². The first-order chi connectivity index (χ1) is 8.62. The second-order valence-electron chi connectivity index (χ2n) is 5.97. The van der Waals surface area contributed by atoms with E-state index in [0.717, 1.165) is 32.7 Å². The molecule has 1 heterocycles.